The number of nitriles is 2. The van der Waals surface area contributed by atoms with E-state index in [1.807, 2.05) is 0 Å². The molecule has 164 valence electrons. The van der Waals surface area contributed by atoms with Gasteiger partial charge in [0.05, 0.1) is 30.4 Å². The molecule has 0 atom stereocenters. The van der Waals surface area contributed by atoms with E-state index in [9.17, 15) is 31.6 Å². The molecule has 0 N–H and O–H groups in total. The first-order valence-corrected chi connectivity index (χ1v) is 8.96. The standard InChI is InChI=1S/C24H6F6N4/c1-33-17(10-32)11-6-7-12(14(8-11)13-4-3-5-16(25)19(13)26)15(9-31)18-20(27)22(29)24(34-2)23(30)21(18)28/h3-8H/b15-12+,17-11+. The van der Waals surface area contributed by atoms with Crippen molar-refractivity contribution in [1.29, 1.82) is 10.5 Å². The zero-order valence-electron chi connectivity index (χ0n) is 16.5. The second-order valence-electron chi connectivity index (χ2n) is 6.51. The van der Waals surface area contributed by atoms with Crippen LogP contribution in [0.4, 0.5) is 32.0 Å². The highest BCUT2D eigenvalue weighted by molar-refractivity contribution is 5.83. The van der Waals surface area contributed by atoms with Crippen LogP contribution in [0.15, 0.2) is 36.4 Å². The Balaban J connectivity index is 2.65. The third-order valence-corrected chi connectivity index (χ3v) is 4.74. The molecule has 3 aromatic rings. The molecule has 0 aliphatic carbocycles. The molecule has 34 heavy (non-hydrogen) atoms. The van der Waals surface area contributed by atoms with Crippen LogP contribution in [-0.2, 0) is 0 Å². The predicted octanol–water partition coefficient (Wildman–Crippen LogP) is 5.01. The maximum absolute atomic E-state index is 14.7. The van der Waals surface area contributed by atoms with Gasteiger partial charge in [0.25, 0.3) is 11.4 Å². The zero-order chi connectivity index (χ0) is 25.2. The molecule has 0 heterocycles. The van der Waals surface area contributed by atoms with Crippen LogP contribution in [0.1, 0.15) is 5.56 Å². The van der Waals surface area contributed by atoms with Crippen molar-refractivity contribution < 1.29 is 26.3 Å². The average molecular weight is 464 g/mol. The van der Waals surface area contributed by atoms with Gasteiger partial charge in [-0.1, -0.05) is 30.3 Å². The van der Waals surface area contributed by atoms with Crippen molar-refractivity contribution in [2.24, 2.45) is 0 Å². The first kappa shape index (κ1) is 23.6. The topological polar surface area (TPSA) is 56.3 Å². The highest BCUT2D eigenvalue weighted by Gasteiger charge is 2.28. The molecule has 0 spiro atoms. The summed E-state index contributed by atoms with van der Waals surface area (Å²) in [6, 6.07) is 8.96. The van der Waals surface area contributed by atoms with Crippen LogP contribution in [0, 0.1) is 70.7 Å². The second kappa shape index (κ2) is 9.20. The Kier molecular flexibility index (Phi) is 6.39. The third kappa shape index (κ3) is 3.71. The summed E-state index contributed by atoms with van der Waals surface area (Å²) in [5.41, 5.74) is -5.42. The van der Waals surface area contributed by atoms with Gasteiger partial charge in [-0.3, -0.25) is 0 Å². The van der Waals surface area contributed by atoms with Crippen LogP contribution >= 0.6 is 0 Å². The number of hydrogen-bond donors (Lipinski definition) is 0. The molecular formula is C24H6F6N4. The van der Waals surface area contributed by atoms with Gasteiger partial charge >= 0.3 is 0 Å². The van der Waals surface area contributed by atoms with Crippen LogP contribution in [0.25, 0.3) is 32.1 Å². The van der Waals surface area contributed by atoms with Crippen molar-refractivity contribution >= 4 is 17.0 Å². The van der Waals surface area contributed by atoms with Crippen LogP contribution < -0.4 is 10.4 Å². The first-order chi connectivity index (χ1) is 16.2. The minimum absolute atomic E-state index is 0.0983. The molecule has 3 rings (SSSR count). The van der Waals surface area contributed by atoms with Gasteiger partial charge in [-0.25, -0.2) is 41.3 Å². The van der Waals surface area contributed by atoms with Crippen molar-refractivity contribution in [2.75, 3.05) is 0 Å². The van der Waals surface area contributed by atoms with Crippen LogP contribution in [0.3, 0.4) is 0 Å². The van der Waals surface area contributed by atoms with Gasteiger partial charge in [0, 0.05) is 10.8 Å². The molecule has 0 radical (unpaired) electrons. The Labute approximate surface area is 187 Å². The maximum Gasteiger partial charge on any atom is 0.268 e. The fourth-order valence-corrected chi connectivity index (χ4v) is 3.19. The Morgan fingerprint density at radius 2 is 1.41 bits per heavy atom. The Bertz CT molecular complexity index is 1620. The summed E-state index contributed by atoms with van der Waals surface area (Å²) in [7, 11) is 0. The molecule has 0 aliphatic rings. The molecule has 0 saturated heterocycles. The highest BCUT2D eigenvalue weighted by atomic mass is 19.2. The summed E-state index contributed by atoms with van der Waals surface area (Å²) in [6.07, 6.45) is 0. The van der Waals surface area contributed by atoms with E-state index in [-0.39, 0.29) is 5.22 Å². The van der Waals surface area contributed by atoms with Gasteiger partial charge in [-0.15, -0.1) is 0 Å². The van der Waals surface area contributed by atoms with E-state index in [4.69, 9.17) is 18.4 Å². The normalized spacial score (nSPS) is 12.1. The van der Waals surface area contributed by atoms with Gasteiger partial charge in [-0.2, -0.15) is 5.26 Å². The largest absolute Gasteiger partial charge is 0.268 e. The molecular weight excluding hydrogens is 458 g/mol. The van der Waals surface area contributed by atoms with Crippen molar-refractivity contribution in [3.8, 4) is 23.3 Å². The highest BCUT2D eigenvalue weighted by Crippen LogP contribution is 2.33. The molecule has 10 heteroatoms. The number of halogens is 6. The van der Waals surface area contributed by atoms with Crippen molar-refractivity contribution in [3.63, 3.8) is 0 Å². The number of rotatable bonds is 2. The van der Waals surface area contributed by atoms with Crippen LogP contribution in [-0.4, -0.2) is 0 Å². The van der Waals surface area contributed by atoms with E-state index >= 15 is 0 Å². The second-order valence-corrected chi connectivity index (χ2v) is 6.51. The summed E-state index contributed by atoms with van der Waals surface area (Å²) >= 11 is 0. The lowest BCUT2D eigenvalue weighted by Crippen LogP contribution is -2.18. The Hall–Kier alpha value is -5.06. The van der Waals surface area contributed by atoms with Crippen molar-refractivity contribution in [2.45, 2.75) is 0 Å². The maximum atomic E-state index is 14.7. The lowest BCUT2D eigenvalue weighted by Gasteiger charge is -2.11. The van der Waals surface area contributed by atoms with E-state index in [1.165, 1.54) is 6.07 Å². The van der Waals surface area contributed by atoms with Gasteiger partial charge in [-0.05, 0) is 16.8 Å². The molecule has 0 amide bonds. The summed E-state index contributed by atoms with van der Waals surface area (Å²) in [5.74, 6) is -10.9. The molecule has 3 aromatic carbocycles. The van der Waals surface area contributed by atoms with E-state index in [2.05, 4.69) is 9.69 Å². The Morgan fingerprint density at radius 3 is 1.94 bits per heavy atom. The monoisotopic (exact) mass is 464 g/mol. The molecule has 0 bridgehead atoms. The van der Waals surface area contributed by atoms with E-state index < -0.39 is 73.8 Å². The molecule has 4 nitrogen and oxygen atoms in total. The van der Waals surface area contributed by atoms with Gasteiger partial charge in [0.15, 0.2) is 34.9 Å². The minimum atomic E-state index is -2.04. The number of benzene rings is 3. The van der Waals surface area contributed by atoms with Crippen molar-refractivity contribution in [3.05, 3.63) is 110 Å². The molecule has 0 saturated carbocycles. The van der Waals surface area contributed by atoms with Gasteiger partial charge in [0.1, 0.15) is 6.07 Å². The quantitative estimate of drug-likeness (QED) is 0.304. The summed E-state index contributed by atoms with van der Waals surface area (Å²) in [4.78, 5) is 5.40. The summed E-state index contributed by atoms with van der Waals surface area (Å²) < 4.78 is 86.3. The van der Waals surface area contributed by atoms with E-state index in [1.54, 1.807) is 6.07 Å². The van der Waals surface area contributed by atoms with Crippen LogP contribution in [0.2, 0.25) is 0 Å². The molecule has 0 fully saturated rings. The van der Waals surface area contributed by atoms with Crippen molar-refractivity contribution in [1.82, 2.24) is 0 Å². The first-order valence-electron chi connectivity index (χ1n) is 8.96. The third-order valence-electron chi connectivity index (χ3n) is 4.74. The lowest BCUT2D eigenvalue weighted by atomic mass is 9.94. The van der Waals surface area contributed by atoms with E-state index in [0.29, 0.717) is 0 Å². The average Bonchev–Trinajstić information content (AvgIpc) is 2.83. The fourth-order valence-electron chi connectivity index (χ4n) is 3.19. The SMILES string of the molecule is [C-]#[N+]/C(C#N)=c1\cc/c(=C(/C#N)c2c(F)c(F)c([N+]#[C-])c(F)c2F)c(-c2cccc(F)c2F)c1. The smallest absolute Gasteiger partial charge is 0.232 e. The minimum Gasteiger partial charge on any atom is -0.232 e. The predicted molar refractivity (Wildman–Crippen MR) is 107 cm³/mol. The fraction of sp³-hybridized carbons (Fsp3) is 0. The zero-order valence-corrected chi connectivity index (χ0v) is 16.5. The van der Waals surface area contributed by atoms with Crippen LogP contribution in [0.5, 0.6) is 0 Å². The molecule has 0 aromatic heterocycles. The summed E-state index contributed by atoms with van der Waals surface area (Å²) in [5, 5.41) is 18.2. The molecule has 0 unspecified atom stereocenters. The van der Waals surface area contributed by atoms with Gasteiger partial charge < -0.3 is 0 Å². The number of nitrogens with zero attached hydrogens (tertiary/aromatic N) is 4. The molecule has 0 aliphatic heterocycles. The lowest BCUT2D eigenvalue weighted by molar-refractivity contribution is 0.457. The van der Waals surface area contributed by atoms with Gasteiger partial charge in [0.2, 0.25) is 0 Å². The summed E-state index contributed by atoms with van der Waals surface area (Å²) in [6.45, 7) is 13.8. The Morgan fingerprint density at radius 1 is 0.765 bits per heavy atom. The number of hydrogen-bond acceptors (Lipinski definition) is 2. The van der Waals surface area contributed by atoms with E-state index in [0.717, 1.165) is 36.4 Å².